The summed E-state index contributed by atoms with van der Waals surface area (Å²) in [4.78, 5) is 38.2. The second-order valence-corrected chi connectivity index (χ2v) is 22.2. The number of unbranched alkanes of at least 4 members (excludes halogenated alkanes) is 45. The SMILES string of the molecule is CCCCCCCCCCCCCCCCCCCCCC(=O)O[C@@H](COC(=O)CCCCCCCCCCCCCCC)COC(=O)CCCCCCCCCCCCCCCCCCC(C)C. The highest BCUT2D eigenvalue weighted by Gasteiger charge is 2.19. The molecule has 6 nitrogen and oxygen atoms in total. The number of carbonyl (C=O) groups excluding carboxylic acids is 3. The number of ether oxygens (including phenoxy) is 3. The van der Waals surface area contributed by atoms with Crippen molar-refractivity contribution in [1.29, 1.82) is 0 Å². The first-order valence-corrected chi connectivity index (χ1v) is 31.4. The van der Waals surface area contributed by atoms with Crippen molar-refractivity contribution in [3.8, 4) is 0 Å². The second-order valence-electron chi connectivity index (χ2n) is 22.2. The second kappa shape index (κ2) is 57.3. The molecule has 0 saturated heterocycles. The van der Waals surface area contributed by atoms with Gasteiger partial charge in [0.15, 0.2) is 6.10 Å². The lowest BCUT2D eigenvalue weighted by atomic mass is 10.0. The van der Waals surface area contributed by atoms with Crippen molar-refractivity contribution in [2.75, 3.05) is 13.2 Å². The van der Waals surface area contributed by atoms with Crippen LogP contribution in [-0.2, 0) is 28.6 Å². The first-order valence-electron chi connectivity index (χ1n) is 31.4. The zero-order valence-corrected chi connectivity index (χ0v) is 47.3. The van der Waals surface area contributed by atoms with Crippen LogP contribution in [0.15, 0.2) is 0 Å². The first-order chi connectivity index (χ1) is 33.9. The van der Waals surface area contributed by atoms with Crippen LogP contribution in [0, 0.1) is 5.92 Å². The molecule has 0 fully saturated rings. The molecule has 0 rings (SSSR count). The summed E-state index contributed by atoms with van der Waals surface area (Å²) < 4.78 is 16.9. The number of carbonyl (C=O) groups is 3. The number of esters is 3. The topological polar surface area (TPSA) is 78.9 Å². The number of rotatable bonds is 58. The maximum atomic E-state index is 12.9. The zero-order chi connectivity index (χ0) is 50.2. The molecule has 69 heavy (non-hydrogen) atoms. The molecule has 0 radical (unpaired) electrons. The van der Waals surface area contributed by atoms with Crippen LogP contribution in [-0.4, -0.2) is 37.2 Å². The molecular formula is C63H122O6. The van der Waals surface area contributed by atoms with Gasteiger partial charge in [0.2, 0.25) is 0 Å². The Labute approximate surface area is 431 Å². The van der Waals surface area contributed by atoms with Crippen molar-refractivity contribution in [3.63, 3.8) is 0 Å². The van der Waals surface area contributed by atoms with E-state index in [9.17, 15) is 14.4 Å². The molecule has 1 atom stereocenters. The Balaban J connectivity index is 4.26. The molecule has 0 saturated carbocycles. The van der Waals surface area contributed by atoms with E-state index in [2.05, 4.69) is 27.7 Å². The van der Waals surface area contributed by atoms with Crippen LogP contribution in [0.1, 0.15) is 362 Å². The van der Waals surface area contributed by atoms with Gasteiger partial charge in [-0.3, -0.25) is 14.4 Å². The average Bonchev–Trinajstić information content (AvgIpc) is 3.34. The Hall–Kier alpha value is -1.59. The van der Waals surface area contributed by atoms with Crippen LogP contribution in [0.4, 0.5) is 0 Å². The van der Waals surface area contributed by atoms with E-state index in [0.29, 0.717) is 19.3 Å². The smallest absolute Gasteiger partial charge is 0.306 e. The minimum atomic E-state index is -0.762. The van der Waals surface area contributed by atoms with Crippen LogP contribution in [0.25, 0.3) is 0 Å². The summed E-state index contributed by atoms with van der Waals surface area (Å²) in [5, 5.41) is 0. The summed E-state index contributed by atoms with van der Waals surface area (Å²) in [6.45, 7) is 9.09. The van der Waals surface area contributed by atoms with Gasteiger partial charge in [-0.2, -0.15) is 0 Å². The molecule has 0 aliphatic rings. The van der Waals surface area contributed by atoms with Crippen LogP contribution >= 0.6 is 0 Å². The van der Waals surface area contributed by atoms with E-state index < -0.39 is 6.10 Å². The van der Waals surface area contributed by atoms with E-state index in [1.165, 1.54) is 257 Å². The maximum Gasteiger partial charge on any atom is 0.306 e. The quantitative estimate of drug-likeness (QED) is 0.0343. The fourth-order valence-electron chi connectivity index (χ4n) is 9.81. The highest BCUT2D eigenvalue weighted by atomic mass is 16.6. The van der Waals surface area contributed by atoms with Gasteiger partial charge >= 0.3 is 17.9 Å². The van der Waals surface area contributed by atoms with Gasteiger partial charge in [0.25, 0.3) is 0 Å². The fraction of sp³-hybridized carbons (Fsp3) is 0.952. The summed E-state index contributed by atoms with van der Waals surface area (Å²) in [6, 6.07) is 0. The first kappa shape index (κ1) is 67.4. The molecule has 0 unspecified atom stereocenters. The molecule has 0 heterocycles. The standard InChI is InChI=1S/C63H122O6/c1-5-7-9-11-13-15-17-19-20-21-22-23-28-32-36-40-44-48-52-56-63(66)69-60(57-67-61(64)54-50-46-42-38-34-29-18-16-14-12-10-8-6-2)58-68-62(65)55-51-47-43-39-35-31-27-25-24-26-30-33-37-41-45-49-53-59(3)4/h59-60H,5-58H2,1-4H3/t60-/m0/s1. The van der Waals surface area contributed by atoms with E-state index in [1.54, 1.807) is 0 Å². The summed E-state index contributed by atoms with van der Waals surface area (Å²) in [6.07, 6.45) is 63.9. The summed E-state index contributed by atoms with van der Waals surface area (Å²) >= 11 is 0. The molecule has 0 N–H and O–H groups in total. The maximum absolute atomic E-state index is 12.9. The van der Waals surface area contributed by atoms with Crippen molar-refractivity contribution in [3.05, 3.63) is 0 Å². The van der Waals surface area contributed by atoms with Crippen LogP contribution in [0.5, 0.6) is 0 Å². The summed E-state index contributed by atoms with van der Waals surface area (Å²) in [7, 11) is 0. The molecule has 410 valence electrons. The molecule has 0 aliphatic heterocycles. The Morgan fingerprint density at radius 3 is 0.710 bits per heavy atom. The normalized spacial score (nSPS) is 12.0. The minimum Gasteiger partial charge on any atom is -0.462 e. The lowest BCUT2D eigenvalue weighted by Crippen LogP contribution is -2.30. The predicted molar refractivity (Wildman–Crippen MR) is 298 cm³/mol. The molecule has 0 amide bonds. The van der Waals surface area contributed by atoms with E-state index in [4.69, 9.17) is 14.2 Å². The van der Waals surface area contributed by atoms with E-state index in [1.807, 2.05) is 0 Å². The van der Waals surface area contributed by atoms with Crippen LogP contribution < -0.4 is 0 Å². The van der Waals surface area contributed by atoms with Gasteiger partial charge in [-0.25, -0.2) is 0 Å². The highest BCUT2D eigenvalue weighted by molar-refractivity contribution is 5.71. The Morgan fingerprint density at radius 1 is 0.275 bits per heavy atom. The molecule has 0 aromatic rings. The Bertz CT molecular complexity index is 1040. The van der Waals surface area contributed by atoms with Gasteiger partial charge in [0, 0.05) is 19.3 Å². The lowest BCUT2D eigenvalue weighted by molar-refractivity contribution is -0.167. The lowest BCUT2D eigenvalue weighted by Gasteiger charge is -2.18. The molecular weight excluding hydrogens is 853 g/mol. The van der Waals surface area contributed by atoms with E-state index in [-0.39, 0.29) is 31.1 Å². The summed E-state index contributed by atoms with van der Waals surface area (Å²) in [5.41, 5.74) is 0. The molecule has 6 heteroatoms. The average molecular weight is 976 g/mol. The van der Waals surface area contributed by atoms with Gasteiger partial charge < -0.3 is 14.2 Å². The van der Waals surface area contributed by atoms with Crippen LogP contribution in [0.2, 0.25) is 0 Å². The molecule has 0 aliphatic carbocycles. The van der Waals surface area contributed by atoms with Crippen molar-refractivity contribution >= 4 is 17.9 Å². The number of hydrogen-bond donors (Lipinski definition) is 0. The van der Waals surface area contributed by atoms with Gasteiger partial charge in [-0.1, -0.05) is 323 Å². The molecule has 0 aromatic carbocycles. The van der Waals surface area contributed by atoms with Gasteiger partial charge in [0.1, 0.15) is 13.2 Å². The third kappa shape index (κ3) is 57.2. The van der Waals surface area contributed by atoms with E-state index >= 15 is 0 Å². The summed E-state index contributed by atoms with van der Waals surface area (Å²) in [5.74, 6) is 0.0238. The Morgan fingerprint density at radius 2 is 0.478 bits per heavy atom. The fourth-order valence-corrected chi connectivity index (χ4v) is 9.81. The van der Waals surface area contributed by atoms with Crippen molar-refractivity contribution in [2.24, 2.45) is 5.92 Å². The third-order valence-corrected chi connectivity index (χ3v) is 14.5. The Kier molecular flexibility index (Phi) is 56.0. The molecule has 0 bridgehead atoms. The van der Waals surface area contributed by atoms with Crippen molar-refractivity contribution in [2.45, 2.75) is 368 Å². The van der Waals surface area contributed by atoms with Crippen molar-refractivity contribution < 1.29 is 28.6 Å². The molecule has 0 aromatic heterocycles. The monoisotopic (exact) mass is 975 g/mol. The zero-order valence-electron chi connectivity index (χ0n) is 47.3. The van der Waals surface area contributed by atoms with Gasteiger partial charge in [0.05, 0.1) is 0 Å². The van der Waals surface area contributed by atoms with Crippen LogP contribution in [0.3, 0.4) is 0 Å². The van der Waals surface area contributed by atoms with Crippen molar-refractivity contribution in [1.82, 2.24) is 0 Å². The van der Waals surface area contributed by atoms with Gasteiger partial charge in [-0.15, -0.1) is 0 Å². The third-order valence-electron chi connectivity index (χ3n) is 14.5. The van der Waals surface area contributed by atoms with E-state index in [0.717, 1.165) is 63.7 Å². The molecule has 0 spiro atoms. The number of hydrogen-bond acceptors (Lipinski definition) is 6. The highest BCUT2D eigenvalue weighted by Crippen LogP contribution is 2.19. The van der Waals surface area contributed by atoms with Gasteiger partial charge in [-0.05, 0) is 25.2 Å². The predicted octanol–water partition coefficient (Wildman–Crippen LogP) is 21.0. The minimum absolute atomic E-state index is 0.0613. The largest absolute Gasteiger partial charge is 0.462 e.